The molecule has 0 aliphatic rings. The lowest BCUT2D eigenvalue weighted by molar-refractivity contribution is 0.493. The van der Waals surface area contributed by atoms with Crippen LogP contribution in [0.2, 0.25) is 0 Å². The van der Waals surface area contributed by atoms with Crippen LogP contribution in [-0.2, 0) is 6.42 Å². The van der Waals surface area contributed by atoms with Gasteiger partial charge in [0, 0.05) is 12.6 Å². The van der Waals surface area contributed by atoms with E-state index in [1.54, 1.807) is 12.1 Å². The SMILES string of the molecule is CC(C)CCCC(C)NC(N)=NCCCc1nn(-c2ccc(F)cc2)c(N)c1C#N.I. The second kappa shape index (κ2) is 13.1. The number of halogens is 2. The largest absolute Gasteiger partial charge is 0.382 e. The first-order chi connectivity index (χ1) is 14.3. The van der Waals surface area contributed by atoms with Gasteiger partial charge in [0.15, 0.2) is 5.96 Å². The zero-order chi connectivity index (χ0) is 22.1. The smallest absolute Gasteiger partial charge is 0.188 e. The van der Waals surface area contributed by atoms with Crippen LogP contribution in [0.15, 0.2) is 29.3 Å². The number of aryl methyl sites for hydroxylation is 1. The van der Waals surface area contributed by atoms with Gasteiger partial charge in [0.25, 0.3) is 0 Å². The summed E-state index contributed by atoms with van der Waals surface area (Å²) in [6, 6.07) is 8.20. The van der Waals surface area contributed by atoms with Gasteiger partial charge in [-0.1, -0.05) is 26.7 Å². The molecule has 0 aliphatic carbocycles. The fourth-order valence-electron chi connectivity index (χ4n) is 3.20. The third-order valence-corrected chi connectivity index (χ3v) is 4.84. The number of aliphatic imine (C=N–C) groups is 1. The summed E-state index contributed by atoms with van der Waals surface area (Å²) in [5.74, 6) is 1.05. The van der Waals surface area contributed by atoms with Crippen LogP contribution in [0.3, 0.4) is 0 Å². The molecule has 0 saturated heterocycles. The van der Waals surface area contributed by atoms with Gasteiger partial charge in [0.1, 0.15) is 23.3 Å². The average molecular weight is 541 g/mol. The number of hydrogen-bond donors (Lipinski definition) is 3. The van der Waals surface area contributed by atoms with E-state index in [2.05, 4.69) is 42.2 Å². The Balaban J connectivity index is 0.00000480. The third kappa shape index (κ3) is 8.36. The number of aromatic nitrogens is 2. The summed E-state index contributed by atoms with van der Waals surface area (Å²) >= 11 is 0. The van der Waals surface area contributed by atoms with Crippen molar-refractivity contribution in [2.75, 3.05) is 12.3 Å². The second-order valence-corrected chi connectivity index (χ2v) is 7.95. The maximum Gasteiger partial charge on any atom is 0.188 e. The molecule has 0 amide bonds. The minimum absolute atomic E-state index is 0. The molecule has 1 aromatic carbocycles. The van der Waals surface area contributed by atoms with E-state index in [0.29, 0.717) is 48.2 Å². The van der Waals surface area contributed by atoms with Crippen LogP contribution >= 0.6 is 24.0 Å². The molecule has 1 unspecified atom stereocenters. The molecule has 9 heteroatoms. The van der Waals surface area contributed by atoms with E-state index < -0.39 is 0 Å². The lowest BCUT2D eigenvalue weighted by Gasteiger charge is -2.15. The lowest BCUT2D eigenvalue weighted by Crippen LogP contribution is -2.38. The molecule has 7 nitrogen and oxygen atoms in total. The first kappa shape index (κ1) is 26.7. The number of guanidine groups is 1. The van der Waals surface area contributed by atoms with Gasteiger partial charge in [-0.2, -0.15) is 10.4 Å². The van der Waals surface area contributed by atoms with Crippen LogP contribution < -0.4 is 16.8 Å². The maximum absolute atomic E-state index is 13.2. The molecule has 170 valence electrons. The van der Waals surface area contributed by atoms with Gasteiger partial charge in [0.2, 0.25) is 0 Å². The van der Waals surface area contributed by atoms with E-state index in [-0.39, 0.29) is 41.7 Å². The molecule has 0 radical (unpaired) electrons. The van der Waals surface area contributed by atoms with E-state index in [4.69, 9.17) is 11.5 Å². The van der Waals surface area contributed by atoms with Crippen molar-refractivity contribution in [3.05, 3.63) is 41.3 Å². The molecule has 5 N–H and O–H groups in total. The highest BCUT2D eigenvalue weighted by molar-refractivity contribution is 14.0. The van der Waals surface area contributed by atoms with Crippen LogP contribution in [0.5, 0.6) is 0 Å². The normalized spacial score (nSPS) is 12.3. The molecule has 1 heterocycles. The maximum atomic E-state index is 13.2. The van der Waals surface area contributed by atoms with E-state index >= 15 is 0 Å². The second-order valence-electron chi connectivity index (χ2n) is 7.95. The molecule has 0 spiro atoms. The first-order valence-electron chi connectivity index (χ1n) is 10.4. The molecule has 31 heavy (non-hydrogen) atoms. The molecule has 0 fully saturated rings. The third-order valence-electron chi connectivity index (χ3n) is 4.84. The van der Waals surface area contributed by atoms with E-state index in [1.807, 2.05) is 0 Å². The Bertz CT molecular complexity index is 884. The Labute approximate surface area is 201 Å². The summed E-state index contributed by atoms with van der Waals surface area (Å²) in [5, 5.41) is 17.1. The van der Waals surface area contributed by atoms with Crippen molar-refractivity contribution in [1.29, 1.82) is 5.26 Å². The topological polar surface area (TPSA) is 118 Å². The van der Waals surface area contributed by atoms with Gasteiger partial charge in [-0.15, -0.1) is 24.0 Å². The van der Waals surface area contributed by atoms with Crippen molar-refractivity contribution >= 4 is 35.8 Å². The van der Waals surface area contributed by atoms with Crippen LogP contribution in [0.25, 0.3) is 5.69 Å². The number of nitrogens with zero attached hydrogens (tertiary/aromatic N) is 4. The molecular weight excluding hydrogens is 508 g/mol. The summed E-state index contributed by atoms with van der Waals surface area (Å²) in [6.07, 6.45) is 4.65. The number of hydrogen-bond acceptors (Lipinski definition) is 4. The number of nitrogen functional groups attached to an aromatic ring is 1. The van der Waals surface area contributed by atoms with Crippen LogP contribution in [0.1, 0.15) is 57.7 Å². The van der Waals surface area contributed by atoms with Gasteiger partial charge in [0.05, 0.1) is 11.4 Å². The van der Waals surface area contributed by atoms with E-state index in [0.717, 1.165) is 12.8 Å². The van der Waals surface area contributed by atoms with Crippen LogP contribution in [0.4, 0.5) is 10.2 Å². The Hall–Kier alpha value is -2.35. The predicted molar refractivity (Wildman–Crippen MR) is 134 cm³/mol. The van der Waals surface area contributed by atoms with Crippen molar-refractivity contribution < 1.29 is 4.39 Å². The highest BCUT2D eigenvalue weighted by atomic mass is 127. The quantitative estimate of drug-likeness (QED) is 0.181. The van der Waals surface area contributed by atoms with Crippen molar-refractivity contribution in [2.45, 2.75) is 58.9 Å². The van der Waals surface area contributed by atoms with Gasteiger partial charge in [-0.3, -0.25) is 4.99 Å². The van der Waals surface area contributed by atoms with E-state index in [1.165, 1.54) is 23.2 Å². The number of benzene rings is 1. The highest BCUT2D eigenvalue weighted by Gasteiger charge is 2.16. The minimum atomic E-state index is -0.344. The Morgan fingerprint density at radius 3 is 2.52 bits per heavy atom. The van der Waals surface area contributed by atoms with Gasteiger partial charge in [-0.25, -0.2) is 9.07 Å². The molecule has 0 aliphatic heterocycles. The van der Waals surface area contributed by atoms with Gasteiger partial charge < -0.3 is 16.8 Å². The Kier molecular flexibility index (Phi) is 11.3. The zero-order valence-corrected chi connectivity index (χ0v) is 20.8. The van der Waals surface area contributed by atoms with Gasteiger partial charge >= 0.3 is 0 Å². The summed E-state index contributed by atoms with van der Waals surface area (Å²) in [5.41, 5.74) is 13.6. The van der Waals surface area contributed by atoms with Crippen molar-refractivity contribution in [3.8, 4) is 11.8 Å². The molecule has 1 atom stereocenters. The standard InChI is InChI=1S/C22H32FN7.HI/c1-15(2)6-4-7-16(3)28-22(26)27-13-5-8-20-19(14-24)21(25)30(29-20)18-11-9-17(23)10-12-18;/h9-12,15-16H,4-8,13,25H2,1-3H3,(H3,26,27,28);1H. The van der Waals surface area contributed by atoms with Crippen molar-refractivity contribution in [1.82, 2.24) is 15.1 Å². The van der Waals surface area contributed by atoms with Crippen LogP contribution in [-0.4, -0.2) is 28.3 Å². The fraction of sp³-hybridized carbons (Fsp3) is 0.500. The Morgan fingerprint density at radius 1 is 1.23 bits per heavy atom. The van der Waals surface area contributed by atoms with Crippen molar-refractivity contribution in [2.24, 2.45) is 16.6 Å². The zero-order valence-electron chi connectivity index (χ0n) is 18.4. The predicted octanol–water partition coefficient (Wildman–Crippen LogP) is 4.13. The molecular formula is C22H33FIN7. The van der Waals surface area contributed by atoms with Crippen molar-refractivity contribution in [3.63, 3.8) is 0 Å². The lowest BCUT2D eigenvalue weighted by atomic mass is 10.0. The average Bonchev–Trinajstić information content (AvgIpc) is 3.01. The number of nitrogens with two attached hydrogens (primary N) is 2. The molecule has 1 aromatic heterocycles. The fourth-order valence-corrected chi connectivity index (χ4v) is 3.20. The summed E-state index contributed by atoms with van der Waals surface area (Å²) in [7, 11) is 0. The van der Waals surface area contributed by atoms with Crippen LogP contribution in [0, 0.1) is 23.1 Å². The molecule has 0 saturated carbocycles. The summed E-state index contributed by atoms with van der Waals surface area (Å²) < 4.78 is 14.6. The number of anilines is 1. The van der Waals surface area contributed by atoms with Gasteiger partial charge in [-0.05, 0) is 56.4 Å². The number of nitrogens with one attached hydrogen (secondary N) is 1. The summed E-state index contributed by atoms with van der Waals surface area (Å²) in [4.78, 5) is 4.37. The Morgan fingerprint density at radius 2 is 1.90 bits per heavy atom. The summed E-state index contributed by atoms with van der Waals surface area (Å²) in [6.45, 7) is 7.07. The highest BCUT2D eigenvalue weighted by Crippen LogP contribution is 2.21. The van der Waals surface area contributed by atoms with E-state index in [9.17, 15) is 9.65 Å². The molecule has 0 bridgehead atoms. The molecule has 2 rings (SSSR count). The molecule has 2 aromatic rings. The number of nitriles is 1. The first-order valence-corrected chi connectivity index (χ1v) is 10.4. The monoisotopic (exact) mass is 541 g/mol. The number of rotatable bonds is 10. The minimum Gasteiger partial charge on any atom is -0.382 e.